The number of hydrogen-bond donors (Lipinski definition) is 1. The van der Waals surface area contributed by atoms with Crippen LogP contribution >= 0.6 is 0 Å². The predicted molar refractivity (Wildman–Crippen MR) is 122 cm³/mol. The van der Waals surface area contributed by atoms with Crippen LogP contribution in [-0.2, 0) is 14.3 Å². The van der Waals surface area contributed by atoms with Crippen molar-refractivity contribution < 1.29 is 19.1 Å². The highest BCUT2D eigenvalue weighted by Gasteiger charge is 2.23. The van der Waals surface area contributed by atoms with Crippen molar-refractivity contribution in [2.24, 2.45) is 0 Å². The van der Waals surface area contributed by atoms with E-state index < -0.39 is 5.97 Å². The molecule has 0 aliphatic carbocycles. The first-order chi connectivity index (χ1) is 14.8. The lowest BCUT2D eigenvalue weighted by atomic mass is 9.92. The highest BCUT2D eigenvalue weighted by Crippen LogP contribution is 2.32. The lowest BCUT2D eigenvalue weighted by Crippen LogP contribution is -2.24. The Hall–Kier alpha value is -3.15. The van der Waals surface area contributed by atoms with Crippen LogP contribution in [0.15, 0.2) is 42.5 Å². The van der Waals surface area contributed by atoms with Crippen molar-refractivity contribution in [3.05, 3.63) is 59.2 Å². The number of rotatable bonds is 7. The van der Waals surface area contributed by atoms with Gasteiger partial charge in [0.2, 0.25) is 5.91 Å². The molecule has 1 heterocycles. The fraction of sp³-hybridized carbons (Fsp3) is 0.400. The molecule has 1 fully saturated rings. The van der Waals surface area contributed by atoms with E-state index in [9.17, 15) is 14.4 Å². The number of esters is 1. The first kappa shape index (κ1) is 22.5. The largest absolute Gasteiger partial charge is 0.452 e. The van der Waals surface area contributed by atoms with Gasteiger partial charge in [0.05, 0.1) is 5.56 Å². The number of nitrogens with zero attached hydrogens (tertiary/aromatic N) is 1. The van der Waals surface area contributed by atoms with Gasteiger partial charge in [0, 0.05) is 24.3 Å². The van der Waals surface area contributed by atoms with Crippen LogP contribution in [0.4, 0.5) is 11.4 Å². The average molecular weight is 423 g/mol. The highest BCUT2D eigenvalue weighted by atomic mass is 16.5. The third-order valence-electron chi connectivity index (χ3n) is 5.44. The Morgan fingerprint density at radius 1 is 1.03 bits per heavy atom. The minimum absolute atomic E-state index is 0.0506. The van der Waals surface area contributed by atoms with Crippen molar-refractivity contribution in [1.82, 2.24) is 0 Å². The molecule has 0 atom stereocenters. The molecule has 2 aromatic carbocycles. The molecule has 1 aliphatic rings. The van der Waals surface area contributed by atoms with Gasteiger partial charge < -0.3 is 15.0 Å². The second-order valence-electron chi connectivity index (χ2n) is 8.44. The summed E-state index contributed by atoms with van der Waals surface area (Å²) >= 11 is 0. The maximum Gasteiger partial charge on any atom is 0.338 e. The van der Waals surface area contributed by atoms with E-state index in [1.807, 2.05) is 18.2 Å². The van der Waals surface area contributed by atoms with E-state index >= 15 is 0 Å². The van der Waals surface area contributed by atoms with Crippen molar-refractivity contribution in [3.8, 4) is 0 Å². The zero-order chi connectivity index (χ0) is 22.5. The van der Waals surface area contributed by atoms with Crippen LogP contribution in [0.1, 0.15) is 73.9 Å². The van der Waals surface area contributed by atoms with Crippen molar-refractivity contribution in [1.29, 1.82) is 0 Å². The van der Waals surface area contributed by atoms with Crippen molar-refractivity contribution >= 4 is 29.2 Å². The standard InChI is InChI=1S/C25H30N2O4/c1-16(2)20-10-6-11-21(17(3)4)24(20)26-22(28)15-31-25(30)18-8-5-9-19(14-18)27-13-7-12-23(27)29/h5-6,8-11,14,16-17H,7,12-13,15H2,1-4H3,(H,26,28). The number of amides is 2. The van der Waals surface area contributed by atoms with E-state index in [0.29, 0.717) is 24.2 Å². The Bertz CT molecular complexity index is 955. The Kier molecular flexibility index (Phi) is 7.10. The van der Waals surface area contributed by atoms with Gasteiger partial charge in [-0.1, -0.05) is 52.0 Å². The summed E-state index contributed by atoms with van der Waals surface area (Å²) in [5.74, 6) is -0.436. The predicted octanol–water partition coefficient (Wildman–Crippen LogP) is 4.86. The van der Waals surface area contributed by atoms with Gasteiger partial charge in [0.15, 0.2) is 6.61 Å². The molecular formula is C25H30N2O4. The number of ether oxygens (including phenoxy) is 1. The number of benzene rings is 2. The zero-order valence-corrected chi connectivity index (χ0v) is 18.6. The van der Waals surface area contributed by atoms with E-state index in [1.54, 1.807) is 29.2 Å². The van der Waals surface area contributed by atoms with Crippen LogP contribution < -0.4 is 10.2 Å². The number of anilines is 2. The molecule has 0 bridgehead atoms. The molecule has 1 saturated heterocycles. The molecule has 0 radical (unpaired) electrons. The minimum Gasteiger partial charge on any atom is -0.452 e. The molecule has 2 aromatic rings. The number of hydrogen-bond acceptors (Lipinski definition) is 4. The maximum absolute atomic E-state index is 12.6. The molecule has 31 heavy (non-hydrogen) atoms. The molecule has 1 aliphatic heterocycles. The van der Waals surface area contributed by atoms with E-state index in [2.05, 4.69) is 33.0 Å². The molecule has 0 unspecified atom stereocenters. The van der Waals surface area contributed by atoms with Crippen LogP contribution in [0.5, 0.6) is 0 Å². The van der Waals surface area contributed by atoms with E-state index in [4.69, 9.17) is 4.74 Å². The molecule has 0 saturated carbocycles. The first-order valence-corrected chi connectivity index (χ1v) is 10.8. The van der Waals surface area contributed by atoms with E-state index in [-0.39, 0.29) is 30.3 Å². The molecule has 6 nitrogen and oxygen atoms in total. The lowest BCUT2D eigenvalue weighted by molar-refractivity contribution is -0.119. The topological polar surface area (TPSA) is 75.7 Å². The summed E-state index contributed by atoms with van der Waals surface area (Å²) in [5.41, 5.74) is 3.88. The summed E-state index contributed by atoms with van der Waals surface area (Å²) in [6.07, 6.45) is 1.33. The summed E-state index contributed by atoms with van der Waals surface area (Å²) in [6.45, 7) is 8.57. The third-order valence-corrected chi connectivity index (χ3v) is 5.44. The van der Waals surface area contributed by atoms with Crippen molar-refractivity contribution in [2.75, 3.05) is 23.4 Å². The monoisotopic (exact) mass is 422 g/mol. The highest BCUT2D eigenvalue weighted by molar-refractivity contribution is 5.99. The Labute approximate surface area is 183 Å². The summed E-state index contributed by atoms with van der Waals surface area (Å²) in [5, 5.41) is 2.94. The van der Waals surface area contributed by atoms with Gasteiger partial charge in [0.25, 0.3) is 5.91 Å². The summed E-state index contributed by atoms with van der Waals surface area (Å²) in [7, 11) is 0. The van der Waals surface area contributed by atoms with Crippen LogP contribution in [0.3, 0.4) is 0 Å². The fourth-order valence-electron chi connectivity index (χ4n) is 3.81. The van der Waals surface area contributed by atoms with Crippen LogP contribution in [0.2, 0.25) is 0 Å². The van der Waals surface area contributed by atoms with Crippen molar-refractivity contribution in [2.45, 2.75) is 52.4 Å². The molecule has 0 spiro atoms. The molecule has 0 aromatic heterocycles. The SMILES string of the molecule is CC(C)c1cccc(C(C)C)c1NC(=O)COC(=O)c1cccc(N2CCCC2=O)c1. The maximum atomic E-state index is 12.6. The normalized spacial score (nSPS) is 13.7. The zero-order valence-electron chi connectivity index (χ0n) is 18.6. The summed E-state index contributed by atoms with van der Waals surface area (Å²) in [6, 6.07) is 12.8. The van der Waals surface area contributed by atoms with Crippen LogP contribution in [0, 0.1) is 0 Å². The van der Waals surface area contributed by atoms with Gasteiger partial charge in [-0.2, -0.15) is 0 Å². The Balaban J connectivity index is 1.67. The van der Waals surface area contributed by atoms with Crippen LogP contribution in [-0.4, -0.2) is 30.9 Å². The number of carbonyl (C=O) groups excluding carboxylic acids is 3. The number of nitrogens with one attached hydrogen (secondary N) is 1. The second kappa shape index (κ2) is 9.77. The van der Waals surface area contributed by atoms with Gasteiger partial charge in [0.1, 0.15) is 0 Å². The summed E-state index contributed by atoms with van der Waals surface area (Å²) in [4.78, 5) is 38.7. The Morgan fingerprint density at radius 3 is 2.26 bits per heavy atom. The minimum atomic E-state index is -0.593. The first-order valence-electron chi connectivity index (χ1n) is 10.8. The van der Waals surface area contributed by atoms with Gasteiger partial charge in [-0.15, -0.1) is 0 Å². The smallest absolute Gasteiger partial charge is 0.338 e. The van der Waals surface area contributed by atoms with Gasteiger partial charge in [-0.3, -0.25) is 9.59 Å². The van der Waals surface area contributed by atoms with E-state index in [1.165, 1.54) is 0 Å². The molecular weight excluding hydrogens is 392 g/mol. The van der Waals surface area contributed by atoms with Gasteiger partial charge in [-0.05, 0) is 47.6 Å². The van der Waals surface area contributed by atoms with E-state index in [0.717, 1.165) is 23.2 Å². The molecule has 2 amide bonds. The molecule has 3 rings (SSSR count). The van der Waals surface area contributed by atoms with Gasteiger partial charge >= 0.3 is 5.97 Å². The molecule has 164 valence electrons. The summed E-state index contributed by atoms with van der Waals surface area (Å²) < 4.78 is 5.25. The average Bonchev–Trinajstić information content (AvgIpc) is 3.17. The van der Waals surface area contributed by atoms with Gasteiger partial charge in [-0.25, -0.2) is 4.79 Å². The fourth-order valence-corrected chi connectivity index (χ4v) is 3.81. The number of carbonyl (C=O) groups is 3. The quantitative estimate of drug-likeness (QED) is 0.647. The van der Waals surface area contributed by atoms with Crippen LogP contribution in [0.25, 0.3) is 0 Å². The molecule has 1 N–H and O–H groups in total. The lowest BCUT2D eigenvalue weighted by Gasteiger charge is -2.20. The Morgan fingerprint density at radius 2 is 1.68 bits per heavy atom. The third kappa shape index (κ3) is 5.32. The number of para-hydroxylation sites is 1. The molecule has 6 heteroatoms. The second-order valence-corrected chi connectivity index (χ2v) is 8.44. The van der Waals surface area contributed by atoms with Crippen molar-refractivity contribution in [3.63, 3.8) is 0 Å².